The van der Waals surface area contributed by atoms with Crippen LogP contribution >= 0.6 is 11.8 Å². The van der Waals surface area contributed by atoms with E-state index in [9.17, 15) is 9.18 Å². The Labute approximate surface area is 134 Å². The minimum atomic E-state index is -0.190. The molecule has 6 heteroatoms. The number of likely N-dealkylation sites (tertiary alicyclic amines) is 1. The first-order chi connectivity index (χ1) is 10.6. The van der Waals surface area contributed by atoms with Crippen LogP contribution in [0.15, 0.2) is 23.1 Å². The predicted molar refractivity (Wildman–Crippen MR) is 86.7 cm³/mol. The second kappa shape index (κ2) is 6.87. The second-order valence-electron chi connectivity index (χ2n) is 6.04. The summed E-state index contributed by atoms with van der Waals surface area (Å²) in [6.45, 7) is 2.03. The van der Waals surface area contributed by atoms with E-state index in [1.807, 2.05) is 6.07 Å². The zero-order valence-corrected chi connectivity index (χ0v) is 13.6. The molecule has 120 valence electrons. The highest BCUT2D eigenvalue weighted by atomic mass is 32.2. The lowest BCUT2D eigenvalue weighted by molar-refractivity contribution is 0.211. The van der Waals surface area contributed by atoms with E-state index in [1.54, 1.807) is 6.07 Å². The number of benzene rings is 1. The van der Waals surface area contributed by atoms with E-state index in [1.165, 1.54) is 17.8 Å². The summed E-state index contributed by atoms with van der Waals surface area (Å²) >= 11 is 1.53. The number of thioether (sulfide) groups is 1. The van der Waals surface area contributed by atoms with Crippen LogP contribution < -0.4 is 10.6 Å². The van der Waals surface area contributed by atoms with Crippen LogP contribution in [-0.2, 0) is 0 Å². The molecule has 1 aromatic rings. The lowest BCUT2D eigenvalue weighted by Gasteiger charge is -2.31. The summed E-state index contributed by atoms with van der Waals surface area (Å²) in [5.74, 6) is 0.636. The number of nitrogens with zero attached hydrogens (tertiary/aromatic N) is 1. The second-order valence-corrected chi connectivity index (χ2v) is 7.15. The standard InChI is InChI=1S/C16H22FN3OS/c1-20-8-5-11(6-9-20)18-16(21)19-14-7-10-22-15-12(14)3-2-4-13(15)17/h2-4,11,14H,5-10H2,1H3,(H2,18,19,21). The van der Waals surface area contributed by atoms with Crippen LogP contribution in [0.5, 0.6) is 0 Å². The summed E-state index contributed by atoms with van der Waals surface area (Å²) in [5, 5.41) is 6.07. The van der Waals surface area contributed by atoms with Crippen molar-refractivity contribution in [1.82, 2.24) is 15.5 Å². The maximum atomic E-state index is 13.8. The highest BCUT2D eigenvalue weighted by molar-refractivity contribution is 7.99. The van der Waals surface area contributed by atoms with Crippen LogP contribution in [0.25, 0.3) is 0 Å². The number of amides is 2. The lowest BCUT2D eigenvalue weighted by Crippen LogP contribution is -2.48. The average molecular weight is 323 g/mol. The molecule has 1 atom stereocenters. The van der Waals surface area contributed by atoms with Gasteiger partial charge in [-0.2, -0.15) is 0 Å². The minimum Gasteiger partial charge on any atom is -0.335 e. The van der Waals surface area contributed by atoms with Gasteiger partial charge in [0.05, 0.1) is 6.04 Å². The summed E-state index contributed by atoms with van der Waals surface area (Å²) < 4.78 is 13.8. The van der Waals surface area contributed by atoms with Crippen molar-refractivity contribution in [2.75, 3.05) is 25.9 Å². The molecule has 1 unspecified atom stereocenters. The molecule has 2 aliphatic rings. The molecule has 1 fully saturated rings. The Morgan fingerprint density at radius 3 is 2.82 bits per heavy atom. The molecule has 1 aromatic carbocycles. The molecule has 2 aliphatic heterocycles. The number of fused-ring (bicyclic) bond motifs is 1. The number of carbonyl (C=O) groups is 1. The Bertz CT molecular complexity index is 546. The topological polar surface area (TPSA) is 44.4 Å². The van der Waals surface area contributed by atoms with Crippen LogP contribution in [0, 0.1) is 5.82 Å². The molecule has 0 saturated carbocycles. The molecule has 0 bridgehead atoms. The first kappa shape index (κ1) is 15.6. The monoisotopic (exact) mass is 323 g/mol. The minimum absolute atomic E-state index is 0.0989. The van der Waals surface area contributed by atoms with Crippen molar-refractivity contribution in [3.63, 3.8) is 0 Å². The maximum Gasteiger partial charge on any atom is 0.315 e. The Kier molecular flexibility index (Phi) is 4.88. The van der Waals surface area contributed by atoms with Gasteiger partial charge in [0.15, 0.2) is 0 Å². The number of rotatable bonds is 2. The quantitative estimate of drug-likeness (QED) is 0.879. The zero-order valence-electron chi connectivity index (χ0n) is 12.8. The first-order valence-electron chi connectivity index (χ1n) is 7.80. The third-order valence-electron chi connectivity index (χ3n) is 4.38. The van der Waals surface area contributed by atoms with E-state index in [0.29, 0.717) is 4.90 Å². The molecule has 0 aliphatic carbocycles. The fourth-order valence-electron chi connectivity index (χ4n) is 3.07. The third kappa shape index (κ3) is 3.55. The Morgan fingerprint density at radius 1 is 1.27 bits per heavy atom. The van der Waals surface area contributed by atoms with Gasteiger partial charge in [0.2, 0.25) is 0 Å². The van der Waals surface area contributed by atoms with Gasteiger partial charge in [0.25, 0.3) is 0 Å². The molecule has 2 heterocycles. The SMILES string of the molecule is CN1CCC(NC(=O)NC2CCSc3c(F)cccc32)CC1. The van der Waals surface area contributed by atoms with Crippen LogP contribution in [0.1, 0.15) is 30.9 Å². The predicted octanol–water partition coefficient (Wildman–Crippen LogP) is 2.76. The average Bonchev–Trinajstić information content (AvgIpc) is 2.51. The van der Waals surface area contributed by atoms with Gasteiger partial charge in [-0.15, -0.1) is 11.8 Å². The summed E-state index contributed by atoms with van der Waals surface area (Å²) in [4.78, 5) is 15.2. The third-order valence-corrected chi connectivity index (χ3v) is 5.54. The van der Waals surface area contributed by atoms with Crippen LogP contribution in [0.2, 0.25) is 0 Å². The number of hydrogen-bond donors (Lipinski definition) is 2. The van der Waals surface area contributed by atoms with Gasteiger partial charge in [-0.1, -0.05) is 12.1 Å². The number of urea groups is 1. The highest BCUT2D eigenvalue weighted by Gasteiger charge is 2.25. The van der Waals surface area contributed by atoms with Gasteiger partial charge in [-0.25, -0.2) is 9.18 Å². The van der Waals surface area contributed by atoms with Crippen LogP contribution in [0.3, 0.4) is 0 Å². The van der Waals surface area contributed by atoms with Gasteiger partial charge in [0, 0.05) is 16.7 Å². The zero-order chi connectivity index (χ0) is 15.5. The number of piperidine rings is 1. The molecule has 0 radical (unpaired) electrons. The smallest absolute Gasteiger partial charge is 0.315 e. The van der Waals surface area contributed by atoms with Gasteiger partial charge < -0.3 is 15.5 Å². The molecule has 22 heavy (non-hydrogen) atoms. The summed E-state index contributed by atoms with van der Waals surface area (Å²) in [6, 6.07) is 5.10. The Hall–Kier alpha value is -1.27. The summed E-state index contributed by atoms with van der Waals surface area (Å²) in [6.07, 6.45) is 2.80. The lowest BCUT2D eigenvalue weighted by atomic mass is 10.0. The van der Waals surface area contributed by atoms with Crippen molar-refractivity contribution < 1.29 is 9.18 Å². The van der Waals surface area contributed by atoms with E-state index in [-0.39, 0.29) is 23.9 Å². The highest BCUT2D eigenvalue weighted by Crippen LogP contribution is 2.37. The summed E-state index contributed by atoms with van der Waals surface area (Å²) in [7, 11) is 2.10. The molecule has 0 aromatic heterocycles. The molecule has 4 nitrogen and oxygen atoms in total. The van der Waals surface area contributed by atoms with E-state index >= 15 is 0 Å². The molecule has 2 amide bonds. The molecular formula is C16H22FN3OS. The normalized spacial score (nSPS) is 22.9. The van der Waals surface area contributed by atoms with Crippen molar-refractivity contribution in [3.8, 4) is 0 Å². The maximum absolute atomic E-state index is 13.8. The van der Waals surface area contributed by atoms with E-state index in [0.717, 1.165) is 43.7 Å². The number of halogens is 1. The van der Waals surface area contributed by atoms with Gasteiger partial charge in [0.1, 0.15) is 5.82 Å². The largest absolute Gasteiger partial charge is 0.335 e. The first-order valence-corrected chi connectivity index (χ1v) is 8.79. The van der Waals surface area contributed by atoms with Crippen molar-refractivity contribution in [3.05, 3.63) is 29.6 Å². The molecule has 0 spiro atoms. The van der Waals surface area contributed by atoms with Crippen molar-refractivity contribution >= 4 is 17.8 Å². The summed E-state index contributed by atoms with van der Waals surface area (Å²) in [5.41, 5.74) is 0.898. The molecule has 2 N–H and O–H groups in total. The van der Waals surface area contributed by atoms with E-state index < -0.39 is 0 Å². The van der Waals surface area contributed by atoms with Gasteiger partial charge >= 0.3 is 6.03 Å². The van der Waals surface area contributed by atoms with Gasteiger partial charge in [-0.3, -0.25) is 0 Å². The molecule has 3 rings (SSSR count). The van der Waals surface area contributed by atoms with Crippen molar-refractivity contribution in [1.29, 1.82) is 0 Å². The van der Waals surface area contributed by atoms with E-state index in [4.69, 9.17) is 0 Å². The fraction of sp³-hybridized carbons (Fsp3) is 0.562. The Balaban J connectivity index is 1.60. The van der Waals surface area contributed by atoms with Crippen molar-refractivity contribution in [2.45, 2.75) is 36.2 Å². The number of carbonyl (C=O) groups excluding carboxylic acids is 1. The van der Waals surface area contributed by atoms with Crippen LogP contribution in [-0.4, -0.2) is 42.9 Å². The molecule has 1 saturated heterocycles. The van der Waals surface area contributed by atoms with E-state index in [2.05, 4.69) is 22.6 Å². The number of hydrogen-bond acceptors (Lipinski definition) is 3. The molecular weight excluding hydrogens is 301 g/mol. The Morgan fingerprint density at radius 2 is 2.05 bits per heavy atom. The van der Waals surface area contributed by atoms with Gasteiger partial charge in [-0.05, 0) is 51.0 Å². The van der Waals surface area contributed by atoms with Crippen LogP contribution in [0.4, 0.5) is 9.18 Å². The number of nitrogens with one attached hydrogen (secondary N) is 2. The van der Waals surface area contributed by atoms with Crippen molar-refractivity contribution in [2.24, 2.45) is 0 Å². The fourth-order valence-corrected chi connectivity index (χ4v) is 4.22.